The van der Waals surface area contributed by atoms with Gasteiger partial charge in [-0.3, -0.25) is 0 Å². The zero-order valence-electron chi connectivity index (χ0n) is 8.10. The zero-order valence-corrected chi connectivity index (χ0v) is 8.92. The van der Waals surface area contributed by atoms with Gasteiger partial charge in [0.25, 0.3) is 0 Å². The number of rotatable bonds is 3. The van der Waals surface area contributed by atoms with Gasteiger partial charge in [-0.1, -0.05) is 23.5 Å². The van der Waals surface area contributed by atoms with Crippen LogP contribution in [0, 0.1) is 0 Å². The van der Waals surface area contributed by atoms with Gasteiger partial charge in [-0.25, -0.2) is 4.98 Å². The van der Waals surface area contributed by atoms with Crippen LogP contribution in [0.5, 0.6) is 0 Å². The average molecular weight is 207 g/mol. The van der Waals surface area contributed by atoms with Crippen molar-refractivity contribution in [3.8, 4) is 0 Å². The molecule has 14 heavy (non-hydrogen) atoms. The van der Waals surface area contributed by atoms with E-state index in [1.165, 1.54) is 4.70 Å². The van der Waals surface area contributed by atoms with Crippen molar-refractivity contribution >= 4 is 26.7 Å². The van der Waals surface area contributed by atoms with E-state index in [0.29, 0.717) is 6.54 Å². The third-order valence-corrected chi connectivity index (χ3v) is 3.22. The first-order valence-electron chi connectivity index (χ1n) is 4.58. The number of nitrogens with zero attached hydrogens (tertiary/aromatic N) is 2. The van der Waals surface area contributed by atoms with E-state index in [4.69, 9.17) is 5.73 Å². The van der Waals surface area contributed by atoms with Crippen molar-refractivity contribution in [2.75, 3.05) is 25.0 Å². The third kappa shape index (κ3) is 1.71. The number of hydrogen-bond donors (Lipinski definition) is 1. The molecule has 2 N–H and O–H groups in total. The zero-order chi connectivity index (χ0) is 9.97. The number of fused-ring (bicyclic) bond motifs is 1. The van der Waals surface area contributed by atoms with Crippen LogP contribution in [0.15, 0.2) is 24.3 Å². The predicted octanol–water partition coefficient (Wildman–Crippen LogP) is 1.69. The maximum absolute atomic E-state index is 5.50. The minimum Gasteiger partial charge on any atom is -0.350 e. The Labute approximate surface area is 87.2 Å². The fourth-order valence-electron chi connectivity index (χ4n) is 1.31. The van der Waals surface area contributed by atoms with Crippen molar-refractivity contribution in [3.63, 3.8) is 0 Å². The molecule has 0 aliphatic rings. The average Bonchev–Trinajstić information content (AvgIpc) is 2.61. The lowest BCUT2D eigenvalue weighted by molar-refractivity contribution is 0.882. The Morgan fingerprint density at radius 2 is 2.21 bits per heavy atom. The molecular weight excluding hydrogens is 194 g/mol. The van der Waals surface area contributed by atoms with Gasteiger partial charge in [0.1, 0.15) is 0 Å². The second-order valence-electron chi connectivity index (χ2n) is 3.17. The van der Waals surface area contributed by atoms with Gasteiger partial charge in [0.05, 0.1) is 10.2 Å². The fourth-order valence-corrected chi connectivity index (χ4v) is 2.27. The molecule has 0 bridgehead atoms. The lowest BCUT2D eigenvalue weighted by Gasteiger charge is -2.12. The molecule has 0 radical (unpaired) electrons. The second kappa shape index (κ2) is 3.94. The van der Waals surface area contributed by atoms with E-state index in [0.717, 1.165) is 17.2 Å². The highest BCUT2D eigenvalue weighted by Gasteiger charge is 2.06. The summed E-state index contributed by atoms with van der Waals surface area (Å²) in [6, 6.07) is 8.17. The van der Waals surface area contributed by atoms with Gasteiger partial charge in [-0.05, 0) is 12.1 Å². The third-order valence-electron chi connectivity index (χ3n) is 2.07. The number of aromatic nitrogens is 1. The van der Waals surface area contributed by atoms with Crippen LogP contribution < -0.4 is 10.6 Å². The van der Waals surface area contributed by atoms with Crippen molar-refractivity contribution in [2.45, 2.75) is 0 Å². The lowest BCUT2D eigenvalue weighted by atomic mass is 10.3. The predicted molar refractivity (Wildman–Crippen MR) is 61.9 cm³/mol. The molecule has 1 aromatic heterocycles. The van der Waals surface area contributed by atoms with E-state index >= 15 is 0 Å². The van der Waals surface area contributed by atoms with Gasteiger partial charge >= 0.3 is 0 Å². The first-order chi connectivity index (χ1) is 6.81. The fraction of sp³-hybridized carbons (Fsp3) is 0.300. The molecule has 0 aliphatic carbocycles. The van der Waals surface area contributed by atoms with Crippen LogP contribution in [0.25, 0.3) is 10.2 Å². The van der Waals surface area contributed by atoms with E-state index in [9.17, 15) is 0 Å². The van der Waals surface area contributed by atoms with Gasteiger partial charge < -0.3 is 10.6 Å². The van der Waals surface area contributed by atoms with Crippen molar-refractivity contribution in [1.82, 2.24) is 4.98 Å². The van der Waals surface area contributed by atoms with Crippen molar-refractivity contribution in [2.24, 2.45) is 5.73 Å². The van der Waals surface area contributed by atoms with E-state index in [2.05, 4.69) is 16.0 Å². The van der Waals surface area contributed by atoms with Crippen molar-refractivity contribution in [1.29, 1.82) is 0 Å². The van der Waals surface area contributed by atoms with Crippen LogP contribution in [0.2, 0.25) is 0 Å². The van der Waals surface area contributed by atoms with E-state index < -0.39 is 0 Å². The molecule has 0 amide bonds. The van der Waals surface area contributed by atoms with Crippen molar-refractivity contribution in [3.05, 3.63) is 24.3 Å². The Balaban J connectivity index is 2.35. The summed E-state index contributed by atoms with van der Waals surface area (Å²) in [5.41, 5.74) is 6.56. The summed E-state index contributed by atoms with van der Waals surface area (Å²) in [5, 5.41) is 1.04. The maximum Gasteiger partial charge on any atom is 0.186 e. The number of nitrogens with two attached hydrogens (primary N) is 1. The van der Waals surface area contributed by atoms with Crippen LogP contribution in [0.4, 0.5) is 5.13 Å². The highest BCUT2D eigenvalue weighted by Crippen LogP contribution is 2.27. The smallest absolute Gasteiger partial charge is 0.186 e. The van der Waals surface area contributed by atoms with E-state index in [1.54, 1.807) is 11.3 Å². The second-order valence-corrected chi connectivity index (χ2v) is 4.18. The Morgan fingerprint density at radius 3 is 2.93 bits per heavy atom. The minimum atomic E-state index is 0.659. The Hall–Kier alpha value is -1.13. The molecule has 0 saturated heterocycles. The molecule has 1 heterocycles. The van der Waals surface area contributed by atoms with E-state index in [-0.39, 0.29) is 0 Å². The summed E-state index contributed by atoms with van der Waals surface area (Å²) in [6.45, 7) is 1.51. The summed E-state index contributed by atoms with van der Waals surface area (Å²) in [5.74, 6) is 0. The molecule has 2 rings (SSSR count). The summed E-state index contributed by atoms with van der Waals surface area (Å²) in [6.07, 6.45) is 0. The number of likely N-dealkylation sites (N-methyl/N-ethyl adjacent to an activating group) is 1. The van der Waals surface area contributed by atoms with Crippen LogP contribution in [-0.2, 0) is 0 Å². The number of anilines is 1. The summed E-state index contributed by atoms with van der Waals surface area (Å²) >= 11 is 1.70. The molecule has 2 aromatic rings. The summed E-state index contributed by atoms with van der Waals surface area (Å²) < 4.78 is 1.23. The Morgan fingerprint density at radius 1 is 1.43 bits per heavy atom. The van der Waals surface area contributed by atoms with E-state index in [1.807, 2.05) is 25.2 Å². The lowest BCUT2D eigenvalue weighted by Crippen LogP contribution is -2.24. The first-order valence-corrected chi connectivity index (χ1v) is 5.39. The van der Waals surface area contributed by atoms with Gasteiger partial charge in [-0.2, -0.15) is 0 Å². The number of para-hydroxylation sites is 1. The largest absolute Gasteiger partial charge is 0.350 e. The molecule has 0 fully saturated rings. The monoisotopic (exact) mass is 207 g/mol. The quantitative estimate of drug-likeness (QED) is 0.832. The molecular formula is C10H13N3S. The number of hydrogen-bond acceptors (Lipinski definition) is 4. The molecule has 0 atom stereocenters. The van der Waals surface area contributed by atoms with Gasteiger partial charge in [-0.15, -0.1) is 0 Å². The molecule has 0 unspecified atom stereocenters. The van der Waals surface area contributed by atoms with Gasteiger partial charge in [0, 0.05) is 20.1 Å². The van der Waals surface area contributed by atoms with Crippen LogP contribution >= 0.6 is 11.3 Å². The molecule has 74 valence electrons. The molecule has 0 spiro atoms. The van der Waals surface area contributed by atoms with Crippen LogP contribution in [-0.4, -0.2) is 25.1 Å². The number of benzene rings is 1. The van der Waals surface area contributed by atoms with Crippen LogP contribution in [0.3, 0.4) is 0 Å². The first kappa shape index (κ1) is 9.43. The van der Waals surface area contributed by atoms with Gasteiger partial charge in [0.15, 0.2) is 5.13 Å². The molecule has 4 heteroatoms. The standard InChI is InChI=1S/C10H13N3S/c1-13(7-6-11)10-12-8-4-2-3-5-9(8)14-10/h2-5H,6-7,11H2,1H3. The molecule has 0 aliphatic heterocycles. The highest BCUT2D eigenvalue weighted by atomic mass is 32.1. The topological polar surface area (TPSA) is 42.1 Å². The molecule has 1 aromatic carbocycles. The Bertz CT molecular complexity index is 391. The Kier molecular flexibility index (Phi) is 2.65. The highest BCUT2D eigenvalue weighted by molar-refractivity contribution is 7.22. The maximum atomic E-state index is 5.50. The van der Waals surface area contributed by atoms with Crippen molar-refractivity contribution < 1.29 is 0 Å². The summed E-state index contributed by atoms with van der Waals surface area (Å²) in [7, 11) is 2.02. The molecule has 3 nitrogen and oxygen atoms in total. The van der Waals surface area contributed by atoms with Gasteiger partial charge in [0.2, 0.25) is 0 Å². The summed E-state index contributed by atoms with van der Waals surface area (Å²) in [4.78, 5) is 6.61. The number of thiazole rings is 1. The SMILES string of the molecule is CN(CCN)c1nc2ccccc2s1. The molecule has 0 saturated carbocycles. The minimum absolute atomic E-state index is 0.659. The normalized spacial score (nSPS) is 10.7. The van der Waals surface area contributed by atoms with Crippen LogP contribution in [0.1, 0.15) is 0 Å².